The number of rotatable bonds is 5. The molecule has 3 aromatic rings. The van der Waals surface area contributed by atoms with Gasteiger partial charge in [-0.1, -0.05) is 36.4 Å². The van der Waals surface area contributed by atoms with Crippen molar-refractivity contribution in [3.63, 3.8) is 0 Å². The van der Waals surface area contributed by atoms with Crippen LogP contribution in [0.4, 0.5) is 5.69 Å². The Morgan fingerprint density at radius 1 is 1.03 bits per heavy atom. The highest BCUT2D eigenvalue weighted by molar-refractivity contribution is 7.92. The minimum absolute atomic E-state index is 0.0879. The standard InChI is InChI=1S/C25H24N2O5S/c1-17-13-18-7-2-3-10-22(18)27(17)33(29,30)21-9-6-8-19(14-21)25(28)26-15-20-16-31-23-11-4-5-12-24(23)32-20/h2-12,14,17,20H,13,15-16H2,1H3,(H,26,28)/t17-,20-/m1/s1. The molecular weight excluding hydrogens is 440 g/mol. The lowest BCUT2D eigenvalue weighted by Gasteiger charge is -2.26. The van der Waals surface area contributed by atoms with E-state index < -0.39 is 10.0 Å². The molecule has 3 aromatic carbocycles. The maximum atomic E-state index is 13.5. The third-order valence-corrected chi connectivity index (χ3v) is 7.78. The second-order valence-electron chi connectivity index (χ2n) is 8.22. The van der Waals surface area contributed by atoms with Crippen molar-refractivity contribution in [1.29, 1.82) is 0 Å². The Labute approximate surface area is 193 Å². The third-order valence-electron chi connectivity index (χ3n) is 5.86. The molecule has 0 fully saturated rings. The molecule has 0 aromatic heterocycles. The van der Waals surface area contributed by atoms with E-state index in [0.29, 0.717) is 30.2 Å². The van der Waals surface area contributed by atoms with Crippen molar-refractivity contribution in [2.45, 2.75) is 30.4 Å². The quantitative estimate of drug-likeness (QED) is 0.626. The molecule has 0 aliphatic carbocycles. The first kappa shape index (κ1) is 21.3. The number of carbonyl (C=O) groups is 1. The Hall–Kier alpha value is -3.52. The van der Waals surface area contributed by atoms with Crippen molar-refractivity contribution in [3.8, 4) is 11.5 Å². The molecule has 0 saturated heterocycles. The molecule has 0 saturated carbocycles. The van der Waals surface area contributed by atoms with Gasteiger partial charge in [0.1, 0.15) is 12.7 Å². The van der Waals surface area contributed by atoms with Gasteiger partial charge in [0.2, 0.25) is 0 Å². The zero-order valence-electron chi connectivity index (χ0n) is 18.1. The number of ether oxygens (including phenoxy) is 2. The Morgan fingerprint density at radius 2 is 1.79 bits per heavy atom. The molecule has 0 spiro atoms. The molecule has 0 unspecified atom stereocenters. The molecule has 2 aliphatic rings. The van der Waals surface area contributed by atoms with E-state index in [0.717, 1.165) is 5.56 Å². The number of benzene rings is 3. The predicted molar refractivity (Wildman–Crippen MR) is 124 cm³/mol. The number of nitrogens with zero attached hydrogens (tertiary/aromatic N) is 1. The van der Waals surface area contributed by atoms with E-state index in [9.17, 15) is 13.2 Å². The summed E-state index contributed by atoms with van der Waals surface area (Å²) in [5.41, 5.74) is 1.96. The van der Waals surface area contributed by atoms with Gasteiger partial charge in [0.25, 0.3) is 15.9 Å². The molecule has 7 nitrogen and oxygen atoms in total. The topological polar surface area (TPSA) is 84.9 Å². The van der Waals surface area contributed by atoms with Crippen LogP contribution in [0.15, 0.2) is 77.7 Å². The van der Waals surface area contributed by atoms with Crippen molar-refractivity contribution >= 4 is 21.6 Å². The number of hydrogen-bond acceptors (Lipinski definition) is 5. The summed E-state index contributed by atoms with van der Waals surface area (Å²) in [5, 5.41) is 2.82. The lowest BCUT2D eigenvalue weighted by Crippen LogP contribution is -2.40. The molecule has 0 bridgehead atoms. The zero-order chi connectivity index (χ0) is 23.0. The smallest absolute Gasteiger partial charge is 0.264 e. The lowest BCUT2D eigenvalue weighted by molar-refractivity contribution is 0.0789. The monoisotopic (exact) mass is 464 g/mol. The maximum absolute atomic E-state index is 13.5. The average molecular weight is 465 g/mol. The normalized spacial score (nSPS) is 19.1. The van der Waals surface area contributed by atoms with E-state index >= 15 is 0 Å². The summed E-state index contributed by atoms with van der Waals surface area (Å²) in [6.07, 6.45) is 0.319. The van der Waals surface area contributed by atoms with Gasteiger partial charge in [-0.2, -0.15) is 0 Å². The molecule has 1 amide bonds. The molecule has 5 rings (SSSR count). The van der Waals surface area contributed by atoms with Crippen LogP contribution in [0.3, 0.4) is 0 Å². The number of para-hydroxylation sites is 3. The molecule has 1 N–H and O–H groups in total. The highest BCUT2D eigenvalue weighted by Crippen LogP contribution is 2.36. The molecule has 8 heteroatoms. The van der Waals surface area contributed by atoms with Gasteiger partial charge in [0, 0.05) is 11.6 Å². The first-order chi connectivity index (χ1) is 15.9. The first-order valence-electron chi connectivity index (χ1n) is 10.8. The second kappa shape index (κ2) is 8.44. The van der Waals surface area contributed by atoms with Crippen LogP contribution in [0.2, 0.25) is 0 Å². The Bertz CT molecular complexity index is 1310. The van der Waals surface area contributed by atoms with E-state index in [1.807, 2.05) is 55.5 Å². The molecular formula is C25H24N2O5S. The molecule has 2 heterocycles. The summed E-state index contributed by atoms with van der Waals surface area (Å²) in [5.74, 6) is 0.941. The van der Waals surface area contributed by atoms with Crippen molar-refractivity contribution in [2.24, 2.45) is 0 Å². The number of carbonyl (C=O) groups excluding carboxylic acids is 1. The fourth-order valence-corrected chi connectivity index (χ4v) is 6.03. The van der Waals surface area contributed by atoms with Crippen molar-refractivity contribution in [1.82, 2.24) is 5.32 Å². The van der Waals surface area contributed by atoms with Crippen molar-refractivity contribution < 1.29 is 22.7 Å². The first-order valence-corrected chi connectivity index (χ1v) is 12.3. The number of sulfonamides is 1. The minimum Gasteiger partial charge on any atom is -0.486 e. The van der Waals surface area contributed by atoms with E-state index in [2.05, 4.69) is 5.32 Å². The van der Waals surface area contributed by atoms with Gasteiger partial charge in [0.05, 0.1) is 17.1 Å². The fourth-order valence-electron chi connectivity index (χ4n) is 4.29. The summed E-state index contributed by atoms with van der Waals surface area (Å²) in [4.78, 5) is 12.9. The van der Waals surface area contributed by atoms with E-state index in [1.54, 1.807) is 12.1 Å². The number of fused-ring (bicyclic) bond motifs is 2. The van der Waals surface area contributed by atoms with Crippen LogP contribution >= 0.6 is 0 Å². The molecule has 2 atom stereocenters. The van der Waals surface area contributed by atoms with Gasteiger partial charge >= 0.3 is 0 Å². The molecule has 170 valence electrons. The van der Waals surface area contributed by atoms with Gasteiger partial charge in [-0.25, -0.2) is 8.42 Å². The predicted octanol–water partition coefficient (Wildman–Crippen LogP) is 3.40. The number of anilines is 1. The zero-order valence-corrected chi connectivity index (χ0v) is 18.9. The van der Waals surface area contributed by atoms with Crippen molar-refractivity contribution in [2.75, 3.05) is 17.5 Å². The second-order valence-corrected chi connectivity index (χ2v) is 10.0. The summed E-state index contributed by atoms with van der Waals surface area (Å²) in [6, 6.07) is 20.8. The number of hydrogen-bond donors (Lipinski definition) is 1. The van der Waals surface area contributed by atoms with E-state index in [-0.39, 0.29) is 35.1 Å². The van der Waals surface area contributed by atoms with Crippen LogP contribution in [0.25, 0.3) is 0 Å². The van der Waals surface area contributed by atoms with Gasteiger partial charge in [-0.05, 0) is 55.3 Å². The van der Waals surface area contributed by atoms with Gasteiger partial charge in [0.15, 0.2) is 11.5 Å². The summed E-state index contributed by atoms with van der Waals surface area (Å²) in [7, 11) is -3.82. The van der Waals surface area contributed by atoms with Crippen molar-refractivity contribution in [3.05, 3.63) is 83.9 Å². The van der Waals surface area contributed by atoms with Gasteiger partial charge < -0.3 is 14.8 Å². The molecule has 2 aliphatic heterocycles. The summed E-state index contributed by atoms with van der Waals surface area (Å²) in [6.45, 7) is 2.44. The Balaban J connectivity index is 1.31. The van der Waals surface area contributed by atoms with Gasteiger partial charge in [-0.3, -0.25) is 9.10 Å². The van der Waals surface area contributed by atoms with Crippen LogP contribution in [0.5, 0.6) is 11.5 Å². The van der Waals surface area contributed by atoms with Crippen LogP contribution in [-0.2, 0) is 16.4 Å². The maximum Gasteiger partial charge on any atom is 0.264 e. The van der Waals surface area contributed by atoms with Crippen LogP contribution in [-0.4, -0.2) is 39.6 Å². The highest BCUT2D eigenvalue weighted by Gasteiger charge is 2.36. The summed E-state index contributed by atoms with van der Waals surface area (Å²) < 4.78 is 39.9. The van der Waals surface area contributed by atoms with Crippen LogP contribution in [0.1, 0.15) is 22.8 Å². The average Bonchev–Trinajstić information content (AvgIpc) is 3.19. The number of amides is 1. The SMILES string of the molecule is C[C@@H]1Cc2ccccc2N1S(=O)(=O)c1cccc(C(=O)NC[C@@H]2COc3ccccc3O2)c1. The fraction of sp³-hybridized carbons (Fsp3) is 0.240. The van der Waals surface area contributed by atoms with Crippen LogP contribution in [0, 0.1) is 0 Å². The summed E-state index contributed by atoms with van der Waals surface area (Å²) >= 11 is 0. The van der Waals surface area contributed by atoms with Gasteiger partial charge in [-0.15, -0.1) is 0 Å². The van der Waals surface area contributed by atoms with E-state index in [1.165, 1.54) is 16.4 Å². The number of nitrogens with one attached hydrogen (secondary N) is 1. The Kier molecular flexibility index (Phi) is 5.46. The Morgan fingerprint density at radius 3 is 2.64 bits per heavy atom. The van der Waals surface area contributed by atoms with Crippen LogP contribution < -0.4 is 19.1 Å². The minimum atomic E-state index is -3.82. The highest BCUT2D eigenvalue weighted by atomic mass is 32.2. The third kappa shape index (κ3) is 4.02. The lowest BCUT2D eigenvalue weighted by atomic mass is 10.1. The molecule has 0 radical (unpaired) electrons. The largest absolute Gasteiger partial charge is 0.486 e. The molecule has 33 heavy (non-hydrogen) atoms. The van der Waals surface area contributed by atoms with E-state index in [4.69, 9.17) is 9.47 Å².